The smallest absolute Gasteiger partial charge is 0.141 e. The van der Waals surface area contributed by atoms with Crippen molar-refractivity contribution in [3.63, 3.8) is 0 Å². The van der Waals surface area contributed by atoms with Crippen molar-refractivity contribution in [3.8, 4) is 11.4 Å². The van der Waals surface area contributed by atoms with Crippen LogP contribution in [0.2, 0.25) is 5.02 Å². The normalized spacial score (nSPS) is 16.9. The highest BCUT2D eigenvalue weighted by molar-refractivity contribution is 9.10. The largest absolute Gasteiger partial charge is 0.324 e. The average molecular weight is 377 g/mol. The van der Waals surface area contributed by atoms with Gasteiger partial charge in [0.2, 0.25) is 0 Å². The summed E-state index contributed by atoms with van der Waals surface area (Å²) in [5.41, 5.74) is 3.61. The van der Waals surface area contributed by atoms with Crippen molar-refractivity contribution < 1.29 is 0 Å². The zero-order valence-corrected chi connectivity index (χ0v) is 13.8. The number of hydrogen-bond donors (Lipinski definition) is 0. The molecule has 4 nitrogen and oxygen atoms in total. The Morgan fingerprint density at radius 2 is 2.00 bits per heavy atom. The van der Waals surface area contributed by atoms with E-state index < -0.39 is 0 Å². The topological polar surface area (TPSA) is 47.2 Å². The molecule has 22 heavy (non-hydrogen) atoms. The van der Waals surface area contributed by atoms with Gasteiger partial charge in [-0.3, -0.25) is 0 Å². The van der Waals surface area contributed by atoms with Gasteiger partial charge < -0.3 is 4.57 Å². The van der Waals surface area contributed by atoms with Crippen LogP contribution < -0.4 is 0 Å². The van der Waals surface area contributed by atoms with E-state index in [2.05, 4.69) is 25.7 Å². The van der Waals surface area contributed by atoms with Gasteiger partial charge in [-0.2, -0.15) is 4.91 Å². The Morgan fingerprint density at radius 3 is 2.73 bits per heavy atom. The zero-order valence-electron chi connectivity index (χ0n) is 11.5. The van der Waals surface area contributed by atoms with Crippen LogP contribution in [0, 0.1) is 4.91 Å². The molecule has 1 aliphatic rings. The molecule has 2 heterocycles. The van der Waals surface area contributed by atoms with E-state index >= 15 is 0 Å². The fourth-order valence-corrected chi connectivity index (χ4v) is 3.51. The van der Waals surface area contributed by atoms with E-state index in [9.17, 15) is 4.91 Å². The van der Waals surface area contributed by atoms with Crippen LogP contribution in [-0.2, 0) is 6.54 Å². The second kappa shape index (κ2) is 5.18. The number of imidazole rings is 1. The van der Waals surface area contributed by atoms with E-state index in [0.29, 0.717) is 18.0 Å². The molecule has 6 heteroatoms. The summed E-state index contributed by atoms with van der Waals surface area (Å²) in [5.74, 6) is 0.876. The second-order valence-electron chi connectivity index (χ2n) is 5.34. The molecule has 2 aromatic carbocycles. The molecule has 0 amide bonds. The van der Waals surface area contributed by atoms with Crippen molar-refractivity contribution in [2.75, 3.05) is 0 Å². The number of rotatable bonds is 2. The summed E-state index contributed by atoms with van der Waals surface area (Å²) < 4.78 is 3.16. The standard InChI is InChI=1S/C16H11BrClN3O/c17-10-3-1-9(2-4-10)16-19-14-12(18)6-5-11-13(20-22)7-8-21(16)15(11)14/h1-6,13H,7-8H2. The number of halogens is 2. The van der Waals surface area contributed by atoms with Crippen LogP contribution in [0.3, 0.4) is 0 Å². The lowest BCUT2D eigenvalue weighted by Gasteiger charge is -2.20. The van der Waals surface area contributed by atoms with Crippen LogP contribution in [0.1, 0.15) is 18.0 Å². The van der Waals surface area contributed by atoms with Gasteiger partial charge >= 0.3 is 0 Å². The highest BCUT2D eigenvalue weighted by Crippen LogP contribution is 2.39. The van der Waals surface area contributed by atoms with Crippen molar-refractivity contribution in [2.24, 2.45) is 5.18 Å². The zero-order chi connectivity index (χ0) is 15.3. The Kier molecular flexibility index (Phi) is 3.27. The van der Waals surface area contributed by atoms with Gasteiger partial charge in [0.15, 0.2) is 0 Å². The van der Waals surface area contributed by atoms with Crippen molar-refractivity contribution in [2.45, 2.75) is 19.0 Å². The minimum atomic E-state index is -0.318. The molecule has 0 aliphatic carbocycles. The number of aryl methyl sites for hydroxylation is 1. The summed E-state index contributed by atoms with van der Waals surface area (Å²) in [6.45, 7) is 0.714. The predicted molar refractivity (Wildman–Crippen MR) is 91.0 cm³/mol. The number of aromatic nitrogens is 2. The van der Waals surface area contributed by atoms with Gasteiger partial charge in [-0.25, -0.2) is 4.98 Å². The van der Waals surface area contributed by atoms with Crippen LogP contribution >= 0.6 is 27.5 Å². The maximum Gasteiger partial charge on any atom is 0.141 e. The minimum Gasteiger partial charge on any atom is -0.324 e. The molecule has 1 aliphatic heterocycles. The van der Waals surface area contributed by atoms with Crippen molar-refractivity contribution in [1.29, 1.82) is 0 Å². The third-order valence-corrected chi connectivity index (χ3v) is 4.92. The first-order chi connectivity index (χ1) is 10.7. The van der Waals surface area contributed by atoms with Crippen molar-refractivity contribution in [3.05, 3.63) is 56.4 Å². The van der Waals surface area contributed by atoms with Gasteiger partial charge in [0.1, 0.15) is 17.4 Å². The highest BCUT2D eigenvalue weighted by Gasteiger charge is 2.27. The quantitative estimate of drug-likeness (QED) is 0.567. The maximum absolute atomic E-state index is 11.1. The molecule has 1 aromatic heterocycles. The molecular weight excluding hydrogens is 366 g/mol. The molecule has 0 spiro atoms. The number of nitroso groups, excluding NO2 is 1. The number of hydrogen-bond acceptors (Lipinski definition) is 3. The third-order valence-electron chi connectivity index (χ3n) is 4.09. The van der Waals surface area contributed by atoms with E-state index in [0.717, 1.165) is 32.5 Å². The molecule has 0 bridgehead atoms. The Morgan fingerprint density at radius 1 is 1.23 bits per heavy atom. The third kappa shape index (κ3) is 2.00. The van der Waals surface area contributed by atoms with E-state index in [1.807, 2.05) is 30.3 Å². The van der Waals surface area contributed by atoms with E-state index in [1.165, 1.54) is 0 Å². The van der Waals surface area contributed by atoms with Gasteiger partial charge in [-0.05, 0) is 24.6 Å². The first-order valence-electron chi connectivity index (χ1n) is 6.96. The Balaban J connectivity index is 2.03. The van der Waals surface area contributed by atoms with E-state index in [4.69, 9.17) is 16.6 Å². The lowest BCUT2D eigenvalue weighted by atomic mass is 9.99. The number of nitrogens with zero attached hydrogens (tertiary/aromatic N) is 3. The van der Waals surface area contributed by atoms with Crippen molar-refractivity contribution >= 4 is 38.6 Å². The fraction of sp³-hybridized carbons (Fsp3) is 0.188. The summed E-state index contributed by atoms with van der Waals surface area (Å²) in [5, 5.41) is 3.85. The van der Waals surface area contributed by atoms with Crippen LogP contribution in [0.5, 0.6) is 0 Å². The minimum absolute atomic E-state index is 0.318. The molecule has 0 fully saturated rings. The summed E-state index contributed by atoms with van der Waals surface area (Å²) in [6, 6.07) is 11.4. The van der Waals surface area contributed by atoms with E-state index in [-0.39, 0.29) is 6.04 Å². The average Bonchev–Trinajstić information content (AvgIpc) is 2.93. The SMILES string of the molecule is O=NC1CCn2c(-c3ccc(Br)cc3)nc3c(Cl)ccc1c32. The molecular formula is C16H11BrClN3O. The van der Waals surface area contributed by atoms with Gasteiger partial charge in [0.05, 0.1) is 10.5 Å². The predicted octanol–water partition coefficient (Wildman–Crippen LogP) is 5.33. The highest BCUT2D eigenvalue weighted by atomic mass is 79.9. The van der Waals surface area contributed by atoms with Gasteiger partial charge in [0.25, 0.3) is 0 Å². The Labute approximate surface area is 140 Å². The van der Waals surface area contributed by atoms with Crippen LogP contribution in [-0.4, -0.2) is 9.55 Å². The lowest BCUT2D eigenvalue weighted by Crippen LogP contribution is -2.12. The van der Waals surface area contributed by atoms with Crippen LogP contribution in [0.15, 0.2) is 46.0 Å². The monoisotopic (exact) mass is 375 g/mol. The number of benzene rings is 2. The van der Waals surface area contributed by atoms with Crippen molar-refractivity contribution in [1.82, 2.24) is 9.55 Å². The van der Waals surface area contributed by atoms with Crippen LogP contribution in [0.4, 0.5) is 0 Å². The first-order valence-corrected chi connectivity index (χ1v) is 8.13. The lowest BCUT2D eigenvalue weighted by molar-refractivity contribution is 0.547. The molecule has 4 rings (SSSR count). The summed E-state index contributed by atoms with van der Waals surface area (Å²) in [7, 11) is 0. The summed E-state index contributed by atoms with van der Waals surface area (Å²) in [4.78, 5) is 15.8. The molecule has 1 unspecified atom stereocenters. The Bertz CT molecular complexity index is 889. The van der Waals surface area contributed by atoms with Gasteiger partial charge in [0, 0.05) is 22.1 Å². The van der Waals surface area contributed by atoms with Crippen LogP contribution in [0.25, 0.3) is 22.4 Å². The molecule has 3 aromatic rings. The fourth-order valence-electron chi connectivity index (χ4n) is 3.06. The van der Waals surface area contributed by atoms with Gasteiger partial charge in [-0.15, -0.1) is 0 Å². The van der Waals surface area contributed by atoms with Gasteiger partial charge in [-0.1, -0.05) is 50.9 Å². The molecule has 0 N–H and O–H groups in total. The Hall–Kier alpha value is -1.72. The molecule has 0 saturated carbocycles. The molecule has 0 saturated heterocycles. The summed E-state index contributed by atoms with van der Waals surface area (Å²) in [6.07, 6.45) is 0.688. The summed E-state index contributed by atoms with van der Waals surface area (Å²) >= 11 is 9.75. The maximum atomic E-state index is 11.1. The molecule has 110 valence electrons. The first kappa shape index (κ1) is 13.9. The molecule has 1 atom stereocenters. The van der Waals surface area contributed by atoms with E-state index in [1.54, 1.807) is 6.07 Å². The molecule has 0 radical (unpaired) electrons. The second-order valence-corrected chi connectivity index (χ2v) is 6.66.